The monoisotopic (exact) mass is 637 g/mol. The number of carboxylic acid groups (broad SMARTS) is 1. The van der Waals surface area contributed by atoms with Crippen molar-refractivity contribution in [1.82, 2.24) is 23.9 Å². The number of halogens is 4. The van der Waals surface area contributed by atoms with Crippen molar-refractivity contribution in [1.29, 1.82) is 0 Å². The summed E-state index contributed by atoms with van der Waals surface area (Å²) in [6.07, 6.45) is -2.56. The van der Waals surface area contributed by atoms with Crippen LogP contribution in [0.3, 0.4) is 0 Å². The first-order chi connectivity index (χ1) is 20.3. The minimum atomic E-state index is -4.74. The number of rotatable bonds is 6. The van der Waals surface area contributed by atoms with Crippen LogP contribution in [0, 0.1) is 6.92 Å². The van der Waals surface area contributed by atoms with Crippen molar-refractivity contribution in [3.63, 3.8) is 0 Å². The fourth-order valence-corrected chi connectivity index (χ4v) is 7.16. The highest BCUT2D eigenvalue weighted by atomic mass is 35.5. The van der Waals surface area contributed by atoms with Crippen LogP contribution in [0.4, 0.5) is 13.2 Å². The van der Waals surface area contributed by atoms with Gasteiger partial charge in [0.05, 0.1) is 26.2 Å². The number of nitrogens with zero attached hydrogens (tertiary/aromatic N) is 5. The molecule has 0 aliphatic carbocycles. The highest BCUT2D eigenvalue weighted by molar-refractivity contribution is 7.89. The number of benzene rings is 1. The second-order valence-electron chi connectivity index (χ2n) is 10.5. The molecule has 6 rings (SSSR count). The van der Waals surface area contributed by atoms with Gasteiger partial charge in [0.15, 0.2) is 11.2 Å². The smallest absolute Gasteiger partial charge is 0.452 e. The lowest BCUT2D eigenvalue weighted by Crippen LogP contribution is -2.60. The van der Waals surface area contributed by atoms with E-state index in [0.717, 1.165) is 10.6 Å². The Morgan fingerprint density at radius 1 is 1.21 bits per heavy atom. The van der Waals surface area contributed by atoms with E-state index in [2.05, 4.69) is 15.2 Å². The first-order valence-electron chi connectivity index (χ1n) is 12.9. The molecule has 2 aliphatic heterocycles. The number of sulfonamides is 1. The van der Waals surface area contributed by atoms with E-state index in [1.54, 1.807) is 19.1 Å². The molecule has 16 heteroatoms. The Bertz CT molecular complexity index is 1860. The lowest BCUT2D eigenvalue weighted by molar-refractivity contribution is -0.166. The Balaban J connectivity index is 1.40. The molecule has 0 saturated carbocycles. The van der Waals surface area contributed by atoms with Crippen LogP contribution in [0.25, 0.3) is 5.65 Å². The minimum absolute atomic E-state index is 0.0253. The van der Waals surface area contributed by atoms with E-state index in [-0.39, 0.29) is 47.7 Å². The molecule has 43 heavy (non-hydrogen) atoms. The zero-order valence-corrected chi connectivity index (χ0v) is 23.9. The van der Waals surface area contributed by atoms with Gasteiger partial charge in [-0.05, 0) is 53.4 Å². The van der Waals surface area contributed by atoms with Gasteiger partial charge in [0.1, 0.15) is 4.90 Å². The quantitative estimate of drug-likeness (QED) is 0.332. The number of hydrogen-bond acceptors (Lipinski definition) is 8. The maximum atomic E-state index is 13.7. The van der Waals surface area contributed by atoms with Crippen molar-refractivity contribution >= 4 is 33.2 Å². The number of hydrogen-bond donors (Lipinski definition) is 1. The molecule has 0 radical (unpaired) electrons. The molecule has 1 N–H and O–H groups in total. The van der Waals surface area contributed by atoms with Gasteiger partial charge in [-0.15, -0.1) is 10.2 Å². The van der Waals surface area contributed by atoms with Gasteiger partial charge < -0.3 is 14.6 Å². The van der Waals surface area contributed by atoms with Gasteiger partial charge in [-0.1, -0.05) is 23.7 Å². The average Bonchev–Trinajstić information content (AvgIpc) is 3.34. The standard InChI is InChI=1S/C27H23ClF3N5O6S/c1-15-18(6-8-36-23(15)33-34-25(36)27(29,30)31)19(10-22(37)38)16-4-5-20(28)17(9-16)11-35-12-26(13-41-14-26)42-24-21(43(35,39)40)3-2-7-32-24/h2-9,19H,10-14H2,1H3,(H,37,38)/t19-/m0/s1. The lowest BCUT2D eigenvalue weighted by atomic mass is 9.86. The first-order valence-corrected chi connectivity index (χ1v) is 14.7. The Labute approximate surface area is 247 Å². The fraction of sp³-hybridized carbons (Fsp3) is 0.333. The Hall–Kier alpha value is -3.79. The van der Waals surface area contributed by atoms with Crippen LogP contribution < -0.4 is 4.74 Å². The number of aromatic nitrogens is 4. The molecule has 1 atom stereocenters. The summed E-state index contributed by atoms with van der Waals surface area (Å²) in [5.41, 5.74) is 0.592. The molecular weight excluding hydrogens is 615 g/mol. The first kappa shape index (κ1) is 29.3. The van der Waals surface area contributed by atoms with Crippen molar-refractivity contribution in [3.8, 4) is 5.88 Å². The van der Waals surface area contributed by atoms with Crippen LogP contribution in [0.2, 0.25) is 5.02 Å². The Kier molecular flexibility index (Phi) is 7.11. The van der Waals surface area contributed by atoms with Crippen LogP contribution >= 0.6 is 11.6 Å². The van der Waals surface area contributed by atoms with Gasteiger partial charge in [0.25, 0.3) is 0 Å². The molecule has 1 aromatic carbocycles. The maximum absolute atomic E-state index is 13.7. The predicted octanol–water partition coefficient (Wildman–Crippen LogP) is 4.06. The van der Waals surface area contributed by atoms with E-state index in [0.29, 0.717) is 22.3 Å². The van der Waals surface area contributed by atoms with E-state index in [1.807, 2.05) is 0 Å². The third-order valence-electron chi connectivity index (χ3n) is 7.56. The number of carboxylic acids is 1. The summed E-state index contributed by atoms with van der Waals surface area (Å²) >= 11 is 6.55. The van der Waals surface area contributed by atoms with Crippen molar-refractivity contribution in [3.05, 3.63) is 81.9 Å². The molecule has 5 heterocycles. The predicted molar refractivity (Wildman–Crippen MR) is 144 cm³/mol. The highest BCUT2D eigenvalue weighted by Gasteiger charge is 2.49. The van der Waals surface area contributed by atoms with Gasteiger partial charge in [0.2, 0.25) is 21.7 Å². The topological polar surface area (TPSA) is 136 Å². The number of aryl methyl sites for hydroxylation is 1. The molecule has 0 unspecified atom stereocenters. The number of carbonyl (C=O) groups is 1. The van der Waals surface area contributed by atoms with Crippen molar-refractivity contribution in [2.24, 2.45) is 0 Å². The Morgan fingerprint density at radius 2 is 1.98 bits per heavy atom. The molecule has 2 aliphatic rings. The zero-order chi connectivity index (χ0) is 30.7. The molecule has 3 aromatic heterocycles. The van der Waals surface area contributed by atoms with Gasteiger partial charge in [-0.25, -0.2) is 13.4 Å². The van der Waals surface area contributed by atoms with Crippen LogP contribution in [-0.2, 0) is 32.3 Å². The molecule has 0 bridgehead atoms. The van der Waals surface area contributed by atoms with Gasteiger partial charge in [-0.2, -0.15) is 17.5 Å². The fourth-order valence-electron chi connectivity index (χ4n) is 5.43. The lowest BCUT2D eigenvalue weighted by Gasteiger charge is -2.41. The number of ether oxygens (including phenoxy) is 2. The van der Waals surface area contributed by atoms with Crippen LogP contribution in [0.1, 0.15) is 40.4 Å². The van der Waals surface area contributed by atoms with Crippen molar-refractivity contribution < 1.29 is 41.0 Å². The summed E-state index contributed by atoms with van der Waals surface area (Å²) < 4.78 is 81.1. The number of alkyl halides is 3. The zero-order valence-electron chi connectivity index (χ0n) is 22.4. The molecular formula is C27H23ClF3N5O6S. The molecule has 0 amide bonds. The van der Waals surface area contributed by atoms with Crippen molar-refractivity contribution in [2.45, 2.75) is 42.5 Å². The Morgan fingerprint density at radius 3 is 2.65 bits per heavy atom. The number of pyridine rings is 2. The maximum Gasteiger partial charge on any atom is 0.452 e. The average molecular weight is 638 g/mol. The van der Waals surface area contributed by atoms with Gasteiger partial charge >= 0.3 is 12.1 Å². The second-order valence-corrected chi connectivity index (χ2v) is 12.8. The molecule has 4 aromatic rings. The van der Waals surface area contributed by atoms with Crippen LogP contribution in [0.15, 0.2) is 53.7 Å². The van der Waals surface area contributed by atoms with E-state index in [1.165, 1.54) is 34.8 Å². The highest BCUT2D eigenvalue weighted by Crippen LogP contribution is 2.39. The third kappa shape index (κ3) is 5.19. The van der Waals surface area contributed by atoms with E-state index >= 15 is 0 Å². The molecule has 1 fully saturated rings. The molecule has 226 valence electrons. The summed E-state index contributed by atoms with van der Waals surface area (Å²) in [4.78, 5) is 16.0. The van der Waals surface area contributed by atoms with Crippen molar-refractivity contribution in [2.75, 3.05) is 19.8 Å². The summed E-state index contributed by atoms with van der Waals surface area (Å²) in [5, 5.41) is 17.0. The molecule has 1 saturated heterocycles. The SMILES string of the molecule is Cc1c([C@@H](CC(=O)O)c2ccc(Cl)c(CN3CC4(COC4)Oc4ncccc4S3(=O)=O)c2)ccn2c(C(F)(F)F)nnc12. The second kappa shape index (κ2) is 10.4. The molecule has 1 spiro atoms. The summed E-state index contributed by atoms with van der Waals surface area (Å²) in [7, 11) is -4.10. The van der Waals surface area contributed by atoms with E-state index in [4.69, 9.17) is 21.1 Å². The largest absolute Gasteiger partial charge is 0.481 e. The number of fused-ring (bicyclic) bond motifs is 2. The molecule has 11 nitrogen and oxygen atoms in total. The summed E-state index contributed by atoms with van der Waals surface area (Å²) in [6, 6.07) is 9.05. The minimum Gasteiger partial charge on any atom is -0.481 e. The van der Waals surface area contributed by atoms with Crippen LogP contribution in [0.5, 0.6) is 5.88 Å². The van der Waals surface area contributed by atoms with Gasteiger partial charge in [-0.3, -0.25) is 9.20 Å². The summed E-state index contributed by atoms with van der Waals surface area (Å²) in [5.74, 6) is -3.20. The van der Waals surface area contributed by atoms with Crippen LogP contribution in [-0.4, -0.2) is 68.7 Å². The van der Waals surface area contributed by atoms with E-state index in [9.17, 15) is 31.5 Å². The summed E-state index contributed by atoms with van der Waals surface area (Å²) in [6.45, 7) is 1.63. The number of aliphatic carboxylic acids is 1. The van der Waals surface area contributed by atoms with E-state index < -0.39 is 45.9 Å². The van der Waals surface area contributed by atoms with Gasteiger partial charge in [0, 0.05) is 29.9 Å². The third-order valence-corrected chi connectivity index (χ3v) is 9.73. The normalized spacial score (nSPS) is 18.4.